The van der Waals surface area contributed by atoms with Gasteiger partial charge in [0.05, 0.1) is 5.69 Å². The van der Waals surface area contributed by atoms with Crippen molar-refractivity contribution in [1.29, 1.82) is 0 Å². The van der Waals surface area contributed by atoms with Crippen LogP contribution in [0, 0.1) is 0 Å². The van der Waals surface area contributed by atoms with Crippen LogP contribution in [-0.2, 0) is 13.1 Å². The molecule has 7 nitrogen and oxygen atoms in total. The van der Waals surface area contributed by atoms with E-state index in [1.807, 2.05) is 24.3 Å². The Labute approximate surface area is 161 Å². The van der Waals surface area contributed by atoms with Gasteiger partial charge in [-0.15, -0.1) is 0 Å². The van der Waals surface area contributed by atoms with Crippen molar-refractivity contribution in [2.75, 3.05) is 7.05 Å². The summed E-state index contributed by atoms with van der Waals surface area (Å²) in [4.78, 5) is 8.07. The molecule has 1 heterocycles. The van der Waals surface area contributed by atoms with E-state index in [0.717, 1.165) is 11.3 Å². The lowest BCUT2D eigenvalue weighted by atomic mass is 10.2. The van der Waals surface area contributed by atoms with Crippen molar-refractivity contribution < 1.29 is 13.5 Å². The van der Waals surface area contributed by atoms with Gasteiger partial charge in [0.25, 0.3) is 0 Å². The summed E-state index contributed by atoms with van der Waals surface area (Å²) < 4.78 is 31.2. The molecule has 1 aromatic heterocycles. The molecule has 0 bridgehead atoms. The van der Waals surface area contributed by atoms with Crippen molar-refractivity contribution in [3.63, 3.8) is 0 Å². The van der Waals surface area contributed by atoms with Crippen LogP contribution in [0.25, 0.3) is 5.69 Å². The summed E-state index contributed by atoms with van der Waals surface area (Å²) in [5.74, 6) is 0.691. The molecule has 2 aromatic carbocycles. The minimum Gasteiger partial charge on any atom is -0.434 e. The largest absolute Gasteiger partial charge is 0.434 e. The Kier molecular flexibility index (Phi) is 6.50. The van der Waals surface area contributed by atoms with Crippen molar-refractivity contribution >= 4 is 5.96 Å². The van der Waals surface area contributed by atoms with Crippen LogP contribution in [0.15, 0.2) is 66.2 Å². The quantitative estimate of drug-likeness (QED) is 0.482. The van der Waals surface area contributed by atoms with Gasteiger partial charge >= 0.3 is 6.61 Å². The lowest BCUT2D eigenvalue weighted by Gasteiger charge is -2.14. The molecule has 3 aromatic rings. The first-order chi connectivity index (χ1) is 13.7. The van der Waals surface area contributed by atoms with E-state index in [0.29, 0.717) is 24.6 Å². The Morgan fingerprint density at radius 3 is 2.54 bits per heavy atom. The van der Waals surface area contributed by atoms with Crippen LogP contribution in [-0.4, -0.2) is 34.4 Å². The Bertz CT molecular complexity index is 897. The number of halogens is 2. The number of guanidine groups is 1. The first-order valence-corrected chi connectivity index (χ1v) is 8.57. The highest BCUT2D eigenvalue weighted by atomic mass is 19.3. The molecule has 0 fully saturated rings. The molecule has 0 aliphatic carbocycles. The fourth-order valence-corrected chi connectivity index (χ4v) is 2.55. The SMILES string of the molecule is CN=C(NCc1ccc(-n2cncn2)cc1)NCc1ccccc1OC(F)F. The second-order valence-electron chi connectivity index (χ2n) is 5.77. The standard InChI is InChI=1S/C19H20F2N6O/c1-22-19(25-11-15-4-2-3-5-17(15)28-18(20)21)24-10-14-6-8-16(9-7-14)27-13-23-12-26-27/h2-9,12-13,18H,10-11H2,1H3,(H2,22,24,25). The second-order valence-corrected chi connectivity index (χ2v) is 5.77. The minimum atomic E-state index is -2.86. The summed E-state index contributed by atoms with van der Waals surface area (Å²) in [6.07, 6.45) is 3.12. The van der Waals surface area contributed by atoms with Crippen LogP contribution in [0.2, 0.25) is 0 Å². The van der Waals surface area contributed by atoms with E-state index in [1.54, 1.807) is 36.3 Å². The van der Waals surface area contributed by atoms with Gasteiger partial charge in [-0.1, -0.05) is 30.3 Å². The molecule has 0 spiro atoms. The Hall–Kier alpha value is -3.49. The molecular formula is C19H20F2N6O. The third-order valence-corrected chi connectivity index (χ3v) is 3.94. The molecule has 0 radical (unpaired) electrons. The van der Waals surface area contributed by atoms with Crippen LogP contribution in [0.1, 0.15) is 11.1 Å². The molecule has 0 saturated carbocycles. The van der Waals surface area contributed by atoms with E-state index in [4.69, 9.17) is 0 Å². The van der Waals surface area contributed by atoms with Crippen molar-refractivity contribution in [2.24, 2.45) is 4.99 Å². The molecule has 0 aliphatic heterocycles. The molecule has 28 heavy (non-hydrogen) atoms. The van der Waals surface area contributed by atoms with Crippen LogP contribution < -0.4 is 15.4 Å². The molecule has 3 rings (SSSR count). The Morgan fingerprint density at radius 1 is 1.11 bits per heavy atom. The van der Waals surface area contributed by atoms with E-state index in [9.17, 15) is 8.78 Å². The Balaban J connectivity index is 1.54. The number of hydrogen-bond donors (Lipinski definition) is 2. The summed E-state index contributed by atoms with van der Waals surface area (Å²) >= 11 is 0. The van der Waals surface area contributed by atoms with E-state index in [-0.39, 0.29) is 5.75 Å². The van der Waals surface area contributed by atoms with Crippen molar-refractivity contribution in [2.45, 2.75) is 19.7 Å². The maximum absolute atomic E-state index is 12.5. The number of nitrogens with one attached hydrogen (secondary N) is 2. The zero-order valence-electron chi connectivity index (χ0n) is 15.2. The van der Waals surface area contributed by atoms with Gasteiger partial charge in [0.2, 0.25) is 0 Å². The van der Waals surface area contributed by atoms with Gasteiger partial charge in [0.1, 0.15) is 18.4 Å². The first-order valence-electron chi connectivity index (χ1n) is 8.57. The van der Waals surface area contributed by atoms with Crippen LogP contribution in [0.3, 0.4) is 0 Å². The molecule has 0 saturated heterocycles. The maximum Gasteiger partial charge on any atom is 0.387 e. The maximum atomic E-state index is 12.5. The van der Waals surface area contributed by atoms with Crippen LogP contribution in [0.5, 0.6) is 5.75 Å². The summed E-state index contributed by atoms with van der Waals surface area (Å²) in [5.41, 5.74) is 2.58. The fraction of sp³-hybridized carbons (Fsp3) is 0.211. The van der Waals surface area contributed by atoms with Crippen LogP contribution >= 0.6 is 0 Å². The molecule has 9 heteroatoms. The number of nitrogens with zero attached hydrogens (tertiary/aromatic N) is 4. The zero-order valence-corrected chi connectivity index (χ0v) is 15.2. The predicted molar refractivity (Wildman–Crippen MR) is 101 cm³/mol. The normalized spacial score (nSPS) is 11.5. The van der Waals surface area contributed by atoms with Crippen molar-refractivity contribution in [1.82, 2.24) is 25.4 Å². The number of aromatic nitrogens is 3. The van der Waals surface area contributed by atoms with Gasteiger partial charge in [0.15, 0.2) is 5.96 Å². The molecule has 0 unspecified atom stereocenters. The van der Waals surface area contributed by atoms with Gasteiger partial charge in [-0.2, -0.15) is 13.9 Å². The van der Waals surface area contributed by atoms with E-state index in [2.05, 4.69) is 30.4 Å². The second kappa shape index (κ2) is 9.45. The van der Waals surface area contributed by atoms with Crippen molar-refractivity contribution in [3.05, 3.63) is 72.3 Å². The van der Waals surface area contributed by atoms with Gasteiger partial charge in [-0.05, 0) is 23.8 Å². The lowest BCUT2D eigenvalue weighted by Crippen LogP contribution is -2.36. The summed E-state index contributed by atoms with van der Waals surface area (Å²) in [6.45, 7) is -2.01. The molecular weight excluding hydrogens is 366 g/mol. The third kappa shape index (κ3) is 5.26. The lowest BCUT2D eigenvalue weighted by molar-refractivity contribution is -0.0504. The molecule has 0 aliphatic rings. The average molecular weight is 386 g/mol. The van der Waals surface area contributed by atoms with Gasteiger partial charge < -0.3 is 15.4 Å². The molecule has 0 amide bonds. The highest BCUT2D eigenvalue weighted by Crippen LogP contribution is 2.19. The highest BCUT2D eigenvalue weighted by Gasteiger charge is 2.09. The monoisotopic (exact) mass is 386 g/mol. The number of ether oxygens (including phenoxy) is 1. The van der Waals surface area contributed by atoms with Crippen molar-refractivity contribution in [3.8, 4) is 11.4 Å². The van der Waals surface area contributed by atoms with Gasteiger partial charge in [-0.3, -0.25) is 4.99 Å². The summed E-state index contributed by atoms with van der Waals surface area (Å²) in [7, 11) is 1.64. The molecule has 0 atom stereocenters. The first kappa shape index (κ1) is 19.3. The third-order valence-electron chi connectivity index (χ3n) is 3.94. The van der Waals surface area contributed by atoms with Crippen LogP contribution in [0.4, 0.5) is 8.78 Å². The number of para-hydroxylation sites is 1. The number of benzene rings is 2. The fourth-order valence-electron chi connectivity index (χ4n) is 2.55. The predicted octanol–water partition coefficient (Wildman–Crippen LogP) is 2.73. The highest BCUT2D eigenvalue weighted by molar-refractivity contribution is 5.79. The smallest absolute Gasteiger partial charge is 0.387 e. The number of rotatable bonds is 7. The topological polar surface area (TPSA) is 76.4 Å². The van der Waals surface area contributed by atoms with E-state index in [1.165, 1.54) is 12.4 Å². The Morgan fingerprint density at radius 2 is 1.86 bits per heavy atom. The minimum absolute atomic E-state index is 0.143. The summed E-state index contributed by atoms with van der Waals surface area (Å²) in [5, 5.41) is 10.4. The number of hydrogen-bond acceptors (Lipinski definition) is 4. The van der Waals surface area contributed by atoms with E-state index >= 15 is 0 Å². The molecule has 146 valence electrons. The van der Waals surface area contributed by atoms with Gasteiger partial charge in [-0.25, -0.2) is 9.67 Å². The van der Waals surface area contributed by atoms with E-state index < -0.39 is 6.61 Å². The zero-order chi connectivity index (χ0) is 19.8. The summed E-state index contributed by atoms with van der Waals surface area (Å²) in [6, 6.07) is 14.5. The number of alkyl halides is 2. The van der Waals surface area contributed by atoms with Gasteiger partial charge in [0, 0.05) is 25.7 Å². The number of aliphatic imine (C=N–C) groups is 1. The molecule has 2 N–H and O–H groups in total. The average Bonchev–Trinajstić information content (AvgIpc) is 3.24.